The zero-order chi connectivity index (χ0) is 14.5. The van der Waals surface area contributed by atoms with Gasteiger partial charge < -0.3 is 9.64 Å². The third-order valence-electron chi connectivity index (χ3n) is 3.06. The van der Waals surface area contributed by atoms with Crippen molar-refractivity contribution >= 4 is 11.8 Å². The van der Waals surface area contributed by atoms with Gasteiger partial charge in [-0.15, -0.1) is 0 Å². The summed E-state index contributed by atoms with van der Waals surface area (Å²) in [7, 11) is 0. The first kappa shape index (κ1) is 14.7. The Labute approximate surface area is 118 Å². The lowest BCUT2D eigenvalue weighted by atomic mass is 10.2. The highest BCUT2D eigenvalue weighted by Crippen LogP contribution is 2.15. The Bertz CT molecular complexity index is 450. The Kier molecular flexibility index (Phi) is 4.89. The van der Waals surface area contributed by atoms with E-state index >= 15 is 0 Å². The van der Waals surface area contributed by atoms with Crippen LogP contribution in [-0.4, -0.2) is 41.7 Å². The van der Waals surface area contributed by atoms with Crippen LogP contribution in [0.5, 0.6) is 0 Å². The number of halogens is 1. The average Bonchev–Trinajstić information content (AvgIpc) is 2.88. The second-order valence-corrected chi connectivity index (χ2v) is 5.38. The molecule has 1 fully saturated rings. The fraction of sp³-hybridized carbons (Fsp3) is 0.571. The Hall–Kier alpha value is -1.69. The largest absolute Gasteiger partial charge is 0.376 e. The summed E-state index contributed by atoms with van der Waals surface area (Å²) in [4.78, 5) is 17.5. The van der Waals surface area contributed by atoms with Gasteiger partial charge in [0.1, 0.15) is 11.6 Å². The maximum Gasteiger partial charge on any atom is 0.323 e. The molecule has 0 bridgehead atoms. The van der Waals surface area contributed by atoms with Gasteiger partial charge in [-0.2, -0.15) is 0 Å². The molecule has 0 radical (unpaired) electrons. The number of likely N-dealkylation sites (tertiary alicyclic amines) is 1. The number of carbonyl (C=O) groups excluding carboxylic acids is 1. The lowest BCUT2D eigenvalue weighted by Crippen LogP contribution is -2.34. The smallest absolute Gasteiger partial charge is 0.323 e. The topological polar surface area (TPSA) is 54.5 Å². The molecule has 6 heteroatoms. The van der Waals surface area contributed by atoms with Crippen molar-refractivity contribution in [3.8, 4) is 0 Å². The molecule has 2 amide bonds. The van der Waals surface area contributed by atoms with Crippen LogP contribution in [0.25, 0.3) is 0 Å². The average molecular weight is 281 g/mol. The molecule has 2 heterocycles. The standard InChI is InChI=1S/C14H20FN3O2/c1-10(2)9-20-12-5-6-18(8-12)14(19)17-13-4-3-11(15)7-16-13/h3-4,7,10,12H,5-6,8-9H2,1-2H3,(H,16,17,19)/t12-/m1/s1. The van der Waals surface area contributed by atoms with Crippen LogP contribution in [0.15, 0.2) is 18.3 Å². The zero-order valence-electron chi connectivity index (χ0n) is 11.8. The number of rotatable bonds is 4. The molecule has 1 aromatic rings. The van der Waals surface area contributed by atoms with Gasteiger partial charge in [-0.1, -0.05) is 13.8 Å². The highest BCUT2D eigenvalue weighted by atomic mass is 19.1. The normalized spacial score (nSPS) is 18.6. The highest BCUT2D eigenvalue weighted by Gasteiger charge is 2.27. The van der Waals surface area contributed by atoms with Gasteiger partial charge >= 0.3 is 6.03 Å². The van der Waals surface area contributed by atoms with E-state index in [9.17, 15) is 9.18 Å². The Morgan fingerprint density at radius 2 is 2.40 bits per heavy atom. The van der Waals surface area contributed by atoms with Crippen molar-refractivity contribution < 1.29 is 13.9 Å². The van der Waals surface area contributed by atoms with Crippen molar-refractivity contribution in [3.63, 3.8) is 0 Å². The molecule has 1 saturated heterocycles. The van der Waals surface area contributed by atoms with Crippen molar-refractivity contribution in [1.29, 1.82) is 0 Å². The number of aromatic nitrogens is 1. The van der Waals surface area contributed by atoms with E-state index in [1.165, 1.54) is 12.1 Å². The van der Waals surface area contributed by atoms with Crippen LogP contribution in [-0.2, 0) is 4.74 Å². The van der Waals surface area contributed by atoms with Crippen LogP contribution in [0, 0.1) is 11.7 Å². The molecule has 1 aromatic heterocycles. The molecule has 20 heavy (non-hydrogen) atoms. The van der Waals surface area contributed by atoms with E-state index in [2.05, 4.69) is 24.1 Å². The van der Waals surface area contributed by atoms with Gasteiger partial charge in [-0.25, -0.2) is 14.2 Å². The number of urea groups is 1. The van der Waals surface area contributed by atoms with Crippen LogP contribution in [0.2, 0.25) is 0 Å². The SMILES string of the molecule is CC(C)CO[C@@H]1CCN(C(=O)Nc2ccc(F)cn2)C1. The second-order valence-electron chi connectivity index (χ2n) is 5.38. The fourth-order valence-corrected chi connectivity index (χ4v) is 2.02. The first-order valence-electron chi connectivity index (χ1n) is 6.83. The summed E-state index contributed by atoms with van der Waals surface area (Å²) in [6.07, 6.45) is 2.02. The summed E-state index contributed by atoms with van der Waals surface area (Å²) in [5.41, 5.74) is 0. The number of pyridine rings is 1. The molecule has 0 saturated carbocycles. The Morgan fingerprint density at radius 1 is 1.60 bits per heavy atom. The highest BCUT2D eigenvalue weighted by molar-refractivity contribution is 5.88. The molecule has 2 rings (SSSR count). The number of hydrogen-bond acceptors (Lipinski definition) is 3. The zero-order valence-corrected chi connectivity index (χ0v) is 11.8. The summed E-state index contributed by atoms with van der Waals surface area (Å²) >= 11 is 0. The molecule has 1 atom stereocenters. The molecule has 1 N–H and O–H groups in total. The van der Waals surface area contributed by atoms with Gasteiger partial charge in [-0.05, 0) is 24.5 Å². The number of hydrogen-bond donors (Lipinski definition) is 1. The molecule has 0 aromatic carbocycles. The van der Waals surface area contributed by atoms with Crippen molar-refractivity contribution in [3.05, 3.63) is 24.1 Å². The number of amides is 2. The van der Waals surface area contributed by atoms with E-state index < -0.39 is 5.82 Å². The number of anilines is 1. The maximum absolute atomic E-state index is 12.7. The van der Waals surface area contributed by atoms with Crippen LogP contribution in [0.4, 0.5) is 15.0 Å². The van der Waals surface area contributed by atoms with Gasteiger partial charge in [-0.3, -0.25) is 5.32 Å². The van der Waals surface area contributed by atoms with Gasteiger partial charge in [0.15, 0.2) is 0 Å². The molecule has 5 nitrogen and oxygen atoms in total. The Morgan fingerprint density at radius 3 is 3.05 bits per heavy atom. The van der Waals surface area contributed by atoms with Crippen molar-refractivity contribution in [1.82, 2.24) is 9.88 Å². The molecular weight excluding hydrogens is 261 g/mol. The third kappa shape index (κ3) is 4.16. The molecule has 0 spiro atoms. The Balaban J connectivity index is 1.80. The number of nitrogens with one attached hydrogen (secondary N) is 1. The summed E-state index contributed by atoms with van der Waals surface area (Å²) in [5.74, 6) is 0.413. The summed E-state index contributed by atoms with van der Waals surface area (Å²) < 4.78 is 18.4. The summed E-state index contributed by atoms with van der Waals surface area (Å²) in [5, 5.41) is 2.65. The molecular formula is C14H20FN3O2. The van der Waals surface area contributed by atoms with E-state index in [4.69, 9.17) is 4.74 Å². The van der Waals surface area contributed by atoms with Gasteiger partial charge in [0.25, 0.3) is 0 Å². The first-order chi connectivity index (χ1) is 9.54. The van der Waals surface area contributed by atoms with Crippen molar-refractivity contribution in [2.45, 2.75) is 26.4 Å². The second kappa shape index (κ2) is 6.65. The van der Waals surface area contributed by atoms with Gasteiger partial charge in [0.2, 0.25) is 0 Å². The quantitative estimate of drug-likeness (QED) is 0.922. The van der Waals surface area contributed by atoms with Crippen LogP contribution in [0.1, 0.15) is 20.3 Å². The minimum absolute atomic E-state index is 0.101. The number of nitrogens with zero attached hydrogens (tertiary/aromatic N) is 2. The number of ether oxygens (including phenoxy) is 1. The molecule has 110 valence electrons. The van der Waals surface area contributed by atoms with E-state index in [0.29, 0.717) is 31.4 Å². The van der Waals surface area contributed by atoms with Crippen LogP contribution in [0.3, 0.4) is 0 Å². The van der Waals surface area contributed by atoms with Crippen LogP contribution >= 0.6 is 0 Å². The predicted molar refractivity (Wildman–Crippen MR) is 74.0 cm³/mol. The molecule has 0 unspecified atom stereocenters. The third-order valence-corrected chi connectivity index (χ3v) is 3.06. The van der Waals surface area contributed by atoms with E-state index in [1.54, 1.807) is 4.90 Å². The van der Waals surface area contributed by atoms with Crippen LogP contribution < -0.4 is 5.32 Å². The van der Waals surface area contributed by atoms with E-state index in [-0.39, 0.29) is 12.1 Å². The van der Waals surface area contributed by atoms with Gasteiger partial charge in [0, 0.05) is 19.7 Å². The fourth-order valence-electron chi connectivity index (χ4n) is 2.02. The van der Waals surface area contributed by atoms with E-state index in [1.807, 2.05) is 0 Å². The van der Waals surface area contributed by atoms with E-state index in [0.717, 1.165) is 12.6 Å². The predicted octanol–water partition coefficient (Wildman–Crippen LogP) is 2.50. The number of carbonyl (C=O) groups is 1. The van der Waals surface area contributed by atoms with Gasteiger partial charge in [0.05, 0.1) is 12.3 Å². The lowest BCUT2D eigenvalue weighted by Gasteiger charge is -2.17. The lowest BCUT2D eigenvalue weighted by molar-refractivity contribution is 0.0440. The first-order valence-corrected chi connectivity index (χ1v) is 6.83. The molecule has 0 aliphatic carbocycles. The van der Waals surface area contributed by atoms with Crippen molar-refractivity contribution in [2.75, 3.05) is 25.0 Å². The molecule has 1 aliphatic heterocycles. The van der Waals surface area contributed by atoms with Crippen molar-refractivity contribution in [2.24, 2.45) is 5.92 Å². The minimum atomic E-state index is -0.425. The summed E-state index contributed by atoms with van der Waals surface area (Å²) in [6, 6.07) is 2.48. The minimum Gasteiger partial charge on any atom is -0.376 e. The summed E-state index contributed by atoms with van der Waals surface area (Å²) in [6.45, 7) is 6.15. The monoisotopic (exact) mass is 281 g/mol. The molecule has 1 aliphatic rings. The maximum atomic E-state index is 12.7.